The number of ether oxygens (including phenoxy) is 2. The molecule has 0 radical (unpaired) electrons. The van der Waals surface area contributed by atoms with Crippen LogP contribution in [0.1, 0.15) is 84.5 Å². The number of rotatable bonds is 14. The van der Waals surface area contributed by atoms with Gasteiger partial charge in [-0.2, -0.15) is 0 Å². The maximum Gasteiger partial charge on any atom is 0.327 e. The monoisotopic (exact) mass is 386 g/mol. The Morgan fingerprint density at radius 3 is 2.30 bits per heavy atom. The summed E-state index contributed by atoms with van der Waals surface area (Å²) in [5, 5.41) is 28.1. The first-order valence-electron chi connectivity index (χ1n) is 10.5. The standard InChI is InChI=1S/C21H38O6/c1-16(26-21-19(23)15-18(22)17(2)27-21)13-11-9-7-5-3-4-6-8-10-12-14-20(24)25/h12,14,16-19,21-23H,3-11,13,15H2,1-2H3,(H,24,25). The zero-order chi connectivity index (χ0) is 20.1. The van der Waals surface area contributed by atoms with Gasteiger partial charge in [-0.25, -0.2) is 4.79 Å². The highest BCUT2D eigenvalue weighted by Crippen LogP contribution is 2.23. The number of hydrogen-bond donors (Lipinski definition) is 3. The molecule has 6 heteroatoms. The fourth-order valence-corrected chi connectivity index (χ4v) is 3.30. The smallest absolute Gasteiger partial charge is 0.327 e. The summed E-state index contributed by atoms with van der Waals surface area (Å²) in [4.78, 5) is 10.3. The molecule has 1 fully saturated rings. The van der Waals surface area contributed by atoms with E-state index in [1.165, 1.54) is 38.2 Å². The molecule has 0 bridgehead atoms. The molecule has 6 nitrogen and oxygen atoms in total. The lowest BCUT2D eigenvalue weighted by atomic mass is 10.0. The number of carbonyl (C=O) groups is 1. The van der Waals surface area contributed by atoms with Crippen LogP contribution in [0.25, 0.3) is 0 Å². The molecule has 1 aliphatic heterocycles. The van der Waals surface area contributed by atoms with Crippen molar-refractivity contribution in [2.75, 3.05) is 0 Å². The van der Waals surface area contributed by atoms with Gasteiger partial charge in [0.2, 0.25) is 0 Å². The maximum absolute atomic E-state index is 10.3. The zero-order valence-electron chi connectivity index (χ0n) is 16.9. The third-order valence-corrected chi connectivity index (χ3v) is 5.05. The summed E-state index contributed by atoms with van der Waals surface area (Å²) in [6, 6.07) is 0. The van der Waals surface area contributed by atoms with Crippen molar-refractivity contribution in [3.05, 3.63) is 12.2 Å². The molecular weight excluding hydrogens is 348 g/mol. The van der Waals surface area contributed by atoms with Crippen molar-refractivity contribution in [2.45, 2.75) is 115 Å². The van der Waals surface area contributed by atoms with Gasteiger partial charge < -0.3 is 24.8 Å². The van der Waals surface area contributed by atoms with E-state index in [4.69, 9.17) is 14.6 Å². The van der Waals surface area contributed by atoms with Gasteiger partial charge in [-0.3, -0.25) is 0 Å². The van der Waals surface area contributed by atoms with E-state index in [-0.39, 0.29) is 12.2 Å². The predicted octanol–water partition coefficient (Wildman–Crippen LogP) is 3.79. The lowest BCUT2D eigenvalue weighted by Gasteiger charge is -2.36. The third-order valence-electron chi connectivity index (χ3n) is 5.05. The number of aliphatic carboxylic acids is 1. The van der Waals surface area contributed by atoms with Gasteiger partial charge in [0.1, 0.15) is 6.10 Å². The molecule has 0 spiro atoms. The molecule has 5 atom stereocenters. The van der Waals surface area contributed by atoms with Crippen LogP contribution in [0.2, 0.25) is 0 Å². The molecule has 0 aromatic rings. The SMILES string of the molecule is CC(CCCCCCCCCCC=CC(=O)O)OC1OC(C)C(O)CC1O. The summed E-state index contributed by atoms with van der Waals surface area (Å²) >= 11 is 0. The first-order chi connectivity index (χ1) is 12.9. The van der Waals surface area contributed by atoms with Crippen LogP contribution < -0.4 is 0 Å². The number of hydrogen-bond acceptors (Lipinski definition) is 5. The second-order valence-corrected chi connectivity index (χ2v) is 7.67. The van der Waals surface area contributed by atoms with Gasteiger partial charge in [-0.1, -0.05) is 51.0 Å². The molecule has 0 aliphatic carbocycles. The summed E-state index contributed by atoms with van der Waals surface area (Å²) in [5.74, 6) is -0.870. The summed E-state index contributed by atoms with van der Waals surface area (Å²) in [5.41, 5.74) is 0. The lowest BCUT2D eigenvalue weighted by molar-refractivity contribution is -0.273. The van der Waals surface area contributed by atoms with Crippen LogP contribution in [0, 0.1) is 0 Å². The molecule has 27 heavy (non-hydrogen) atoms. The van der Waals surface area contributed by atoms with Crippen molar-refractivity contribution in [1.82, 2.24) is 0 Å². The maximum atomic E-state index is 10.3. The van der Waals surface area contributed by atoms with Crippen molar-refractivity contribution in [3.63, 3.8) is 0 Å². The Hall–Kier alpha value is -0.950. The number of carboxylic acid groups (broad SMARTS) is 1. The minimum atomic E-state index is -0.870. The summed E-state index contributed by atoms with van der Waals surface area (Å²) in [6.07, 6.45) is 12.1. The molecular formula is C21H38O6. The Bertz CT molecular complexity index is 425. The molecule has 5 unspecified atom stereocenters. The van der Waals surface area contributed by atoms with Crippen LogP contribution in [0.5, 0.6) is 0 Å². The van der Waals surface area contributed by atoms with Crippen molar-refractivity contribution >= 4 is 5.97 Å². The molecule has 1 aliphatic rings. The van der Waals surface area contributed by atoms with Crippen LogP contribution in [-0.2, 0) is 14.3 Å². The summed E-state index contributed by atoms with van der Waals surface area (Å²) < 4.78 is 11.3. The van der Waals surface area contributed by atoms with Crippen LogP contribution in [0.3, 0.4) is 0 Å². The van der Waals surface area contributed by atoms with E-state index in [1.807, 2.05) is 6.92 Å². The van der Waals surface area contributed by atoms with E-state index in [1.54, 1.807) is 13.0 Å². The van der Waals surface area contributed by atoms with E-state index in [9.17, 15) is 15.0 Å². The quantitative estimate of drug-likeness (QED) is 0.310. The van der Waals surface area contributed by atoms with Crippen LogP contribution in [0.15, 0.2) is 12.2 Å². The number of aliphatic hydroxyl groups excluding tert-OH is 2. The van der Waals surface area contributed by atoms with Gasteiger partial charge in [-0.05, 0) is 33.1 Å². The fraction of sp³-hybridized carbons (Fsp3) is 0.857. The van der Waals surface area contributed by atoms with Crippen LogP contribution in [0.4, 0.5) is 0 Å². The Labute approximate surface area is 163 Å². The second-order valence-electron chi connectivity index (χ2n) is 7.67. The van der Waals surface area contributed by atoms with E-state index < -0.39 is 24.5 Å². The van der Waals surface area contributed by atoms with Crippen LogP contribution >= 0.6 is 0 Å². The molecule has 1 saturated heterocycles. The molecule has 3 N–H and O–H groups in total. The number of carboxylic acids is 1. The van der Waals surface area contributed by atoms with E-state index in [0.29, 0.717) is 6.42 Å². The Morgan fingerprint density at radius 2 is 1.67 bits per heavy atom. The third kappa shape index (κ3) is 11.5. The highest BCUT2D eigenvalue weighted by Gasteiger charge is 2.35. The van der Waals surface area contributed by atoms with Gasteiger partial charge in [0.25, 0.3) is 0 Å². The largest absolute Gasteiger partial charge is 0.478 e. The predicted molar refractivity (Wildman–Crippen MR) is 104 cm³/mol. The second kappa shape index (κ2) is 14.1. The van der Waals surface area contributed by atoms with Gasteiger partial charge >= 0.3 is 5.97 Å². The first kappa shape index (κ1) is 24.1. The molecule has 0 saturated carbocycles. The lowest BCUT2D eigenvalue weighted by Crippen LogP contribution is -2.48. The normalized spacial score (nSPS) is 27.1. The fourth-order valence-electron chi connectivity index (χ4n) is 3.30. The molecule has 0 amide bonds. The Morgan fingerprint density at radius 1 is 1.07 bits per heavy atom. The van der Waals surface area contributed by atoms with Crippen molar-refractivity contribution in [2.24, 2.45) is 0 Å². The van der Waals surface area contributed by atoms with E-state index in [0.717, 1.165) is 32.1 Å². The molecule has 0 aromatic heterocycles. The van der Waals surface area contributed by atoms with Gasteiger partial charge in [-0.15, -0.1) is 0 Å². The minimum absolute atomic E-state index is 0.0333. The highest BCUT2D eigenvalue weighted by molar-refractivity contribution is 5.79. The Balaban J connectivity index is 1.94. The van der Waals surface area contributed by atoms with Gasteiger partial charge in [0.15, 0.2) is 6.29 Å². The van der Waals surface area contributed by atoms with E-state index in [2.05, 4.69) is 0 Å². The number of allylic oxidation sites excluding steroid dienone is 1. The average Bonchev–Trinajstić information content (AvgIpc) is 2.60. The number of aliphatic hydroxyl groups is 2. The number of unbranched alkanes of at least 4 members (excludes halogenated alkanes) is 8. The molecule has 1 heterocycles. The zero-order valence-corrected chi connectivity index (χ0v) is 16.9. The van der Waals surface area contributed by atoms with E-state index >= 15 is 0 Å². The average molecular weight is 387 g/mol. The molecule has 0 aromatic carbocycles. The first-order valence-corrected chi connectivity index (χ1v) is 10.5. The Kier molecular flexibility index (Phi) is 12.6. The van der Waals surface area contributed by atoms with Gasteiger partial charge in [0.05, 0.1) is 18.3 Å². The van der Waals surface area contributed by atoms with Crippen LogP contribution in [-0.4, -0.2) is 52.0 Å². The minimum Gasteiger partial charge on any atom is -0.478 e. The van der Waals surface area contributed by atoms with Crippen molar-refractivity contribution in [1.29, 1.82) is 0 Å². The topological polar surface area (TPSA) is 96.2 Å². The highest BCUT2D eigenvalue weighted by atomic mass is 16.7. The molecule has 1 rings (SSSR count). The summed E-state index contributed by atoms with van der Waals surface area (Å²) in [7, 11) is 0. The van der Waals surface area contributed by atoms with Gasteiger partial charge in [0, 0.05) is 12.5 Å². The van der Waals surface area contributed by atoms with Crippen molar-refractivity contribution < 1.29 is 29.6 Å². The molecule has 158 valence electrons. The van der Waals surface area contributed by atoms with Crippen molar-refractivity contribution in [3.8, 4) is 0 Å². The summed E-state index contributed by atoms with van der Waals surface area (Å²) in [6.45, 7) is 3.80.